The molecule has 0 heterocycles. The molecule has 0 spiro atoms. The molecule has 1 unspecified atom stereocenters. The normalized spacial score (nSPS) is 11.5. The Morgan fingerprint density at radius 1 is 1.23 bits per heavy atom. The number of esters is 1. The van der Waals surface area contributed by atoms with Crippen LogP contribution in [0.5, 0.6) is 0 Å². The van der Waals surface area contributed by atoms with E-state index in [9.17, 15) is 4.79 Å². The lowest BCUT2D eigenvalue weighted by Gasteiger charge is -2.09. The number of hydrogen-bond donors (Lipinski definition) is 0. The summed E-state index contributed by atoms with van der Waals surface area (Å²) >= 11 is 1.54. The number of rotatable bonds is 5. The van der Waals surface area contributed by atoms with Crippen LogP contribution in [0.4, 0.5) is 0 Å². The molecular weight excluding hydrogens is 294 g/mol. The second-order valence-electron chi connectivity index (χ2n) is 4.83. The van der Waals surface area contributed by atoms with Gasteiger partial charge < -0.3 is 4.74 Å². The highest BCUT2D eigenvalue weighted by molar-refractivity contribution is 7.99. The van der Waals surface area contributed by atoms with E-state index >= 15 is 0 Å². The highest BCUT2D eigenvalue weighted by Gasteiger charge is 2.13. The van der Waals surface area contributed by atoms with E-state index in [0.717, 1.165) is 22.4 Å². The van der Waals surface area contributed by atoms with Crippen molar-refractivity contribution >= 4 is 17.7 Å². The van der Waals surface area contributed by atoms with Crippen molar-refractivity contribution in [3.8, 4) is 17.2 Å². The maximum atomic E-state index is 11.4. The van der Waals surface area contributed by atoms with Gasteiger partial charge >= 0.3 is 5.97 Å². The van der Waals surface area contributed by atoms with E-state index in [-0.39, 0.29) is 11.2 Å². The molecular formula is C18H17NO2S. The van der Waals surface area contributed by atoms with E-state index in [4.69, 9.17) is 10.00 Å². The molecule has 0 aromatic heterocycles. The summed E-state index contributed by atoms with van der Waals surface area (Å²) in [6, 6.07) is 17.8. The van der Waals surface area contributed by atoms with Gasteiger partial charge in [0.25, 0.3) is 0 Å². The minimum Gasteiger partial charge on any atom is -0.468 e. The molecule has 1 atom stereocenters. The summed E-state index contributed by atoms with van der Waals surface area (Å²) in [6.07, 6.45) is 0. The van der Waals surface area contributed by atoms with Gasteiger partial charge in [-0.3, -0.25) is 4.79 Å². The van der Waals surface area contributed by atoms with E-state index in [1.165, 1.54) is 7.11 Å². The van der Waals surface area contributed by atoms with Crippen LogP contribution in [0.2, 0.25) is 0 Å². The molecule has 0 amide bonds. The SMILES string of the molecule is COC(=O)C(C)SCc1ccc(-c2ccccc2C#N)cc1. The third-order valence-corrected chi connectivity index (χ3v) is 4.54. The van der Waals surface area contributed by atoms with E-state index < -0.39 is 0 Å². The van der Waals surface area contributed by atoms with Crippen LogP contribution in [0.15, 0.2) is 48.5 Å². The van der Waals surface area contributed by atoms with Crippen LogP contribution >= 0.6 is 11.8 Å². The highest BCUT2D eigenvalue weighted by atomic mass is 32.2. The molecule has 0 N–H and O–H groups in total. The Kier molecular flexibility index (Phi) is 5.62. The van der Waals surface area contributed by atoms with Crippen molar-refractivity contribution in [3.63, 3.8) is 0 Å². The van der Waals surface area contributed by atoms with E-state index in [1.54, 1.807) is 11.8 Å². The maximum Gasteiger partial charge on any atom is 0.318 e. The molecule has 4 heteroatoms. The molecule has 22 heavy (non-hydrogen) atoms. The van der Waals surface area contributed by atoms with Gasteiger partial charge in [-0.25, -0.2) is 0 Å². The number of thioether (sulfide) groups is 1. The average Bonchev–Trinajstić information content (AvgIpc) is 2.59. The Hall–Kier alpha value is -2.25. The van der Waals surface area contributed by atoms with Gasteiger partial charge in [0.15, 0.2) is 0 Å². The molecule has 112 valence electrons. The van der Waals surface area contributed by atoms with Crippen LogP contribution in [0.3, 0.4) is 0 Å². The number of nitrogens with zero attached hydrogens (tertiary/aromatic N) is 1. The third kappa shape index (κ3) is 3.90. The standard InChI is InChI=1S/C18H17NO2S/c1-13(18(20)21-2)22-12-14-7-9-15(10-8-14)17-6-4-3-5-16(17)11-19/h3-10,13H,12H2,1-2H3. The van der Waals surface area contributed by atoms with Crippen molar-refractivity contribution in [2.24, 2.45) is 0 Å². The average molecular weight is 311 g/mol. The summed E-state index contributed by atoms with van der Waals surface area (Å²) in [6.45, 7) is 1.84. The Balaban J connectivity index is 2.08. The van der Waals surface area contributed by atoms with Crippen LogP contribution in [0.1, 0.15) is 18.1 Å². The molecule has 0 fully saturated rings. The van der Waals surface area contributed by atoms with Crippen molar-refractivity contribution < 1.29 is 9.53 Å². The zero-order valence-electron chi connectivity index (χ0n) is 12.6. The fourth-order valence-electron chi connectivity index (χ4n) is 2.07. The smallest absolute Gasteiger partial charge is 0.318 e. The van der Waals surface area contributed by atoms with Crippen LogP contribution in [0.25, 0.3) is 11.1 Å². The molecule has 0 radical (unpaired) electrons. The first-order valence-electron chi connectivity index (χ1n) is 6.93. The van der Waals surface area contributed by atoms with Crippen molar-refractivity contribution in [1.82, 2.24) is 0 Å². The molecule has 2 aromatic rings. The lowest BCUT2D eigenvalue weighted by molar-refractivity contribution is -0.139. The fourth-order valence-corrected chi connectivity index (χ4v) is 2.94. The summed E-state index contributed by atoms with van der Waals surface area (Å²) < 4.78 is 4.71. The minimum absolute atomic E-state index is 0.177. The van der Waals surface area contributed by atoms with E-state index in [0.29, 0.717) is 5.56 Å². The van der Waals surface area contributed by atoms with E-state index in [2.05, 4.69) is 6.07 Å². The van der Waals surface area contributed by atoms with Gasteiger partial charge in [-0.05, 0) is 29.7 Å². The second-order valence-corrected chi connectivity index (χ2v) is 6.16. The van der Waals surface area contributed by atoms with Gasteiger partial charge in [-0.2, -0.15) is 5.26 Å². The first-order chi connectivity index (χ1) is 10.7. The van der Waals surface area contributed by atoms with Crippen LogP contribution in [0, 0.1) is 11.3 Å². The van der Waals surface area contributed by atoms with Gasteiger partial charge in [0, 0.05) is 5.75 Å². The summed E-state index contributed by atoms with van der Waals surface area (Å²) in [5.41, 5.74) is 3.77. The van der Waals surface area contributed by atoms with Crippen molar-refractivity contribution in [3.05, 3.63) is 59.7 Å². The molecule has 3 nitrogen and oxygen atoms in total. The molecule has 0 bridgehead atoms. The largest absolute Gasteiger partial charge is 0.468 e. The molecule has 0 aliphatic carbocycles. The first kappa shape index (κ1) is 16.1. The predicted molar refractivity (Wildman–Crippen MR) is 89.4 cm³/mol. The predicted octanol–water partition coefficient (Wildman–Crippen LogP) is 4.02. The second kappa shape index (κ2) is 7.67. The third-order valence-electron chi connectivity index (χ3n) is 3.35. The fraction of sp³-hybridized carbons (Fsp3) is 0.222. The Morgan fingerprint density at radius 2 is 1.91 bits per heavy atom. The summed E-state index contributed by atoms with van der Waals surface area (Å²) in [5.74, 6) is 0.542. The van der Waals surface area contributed by atoms with Gasteiger partial charge in [0.1, 0.15) is 0 Å². The number of carbonyl (C=O) groups excluding carboxylic acids is 1. The van der Waals surface area contributed by atoms with Crippen LogP contribution in [-0.2, 0) is 15.3 Å². The number of methoxy groups -OCH3 is 1. The zero-order chi connectivity index (χ0) is 15.9. The first-order valence-corrected chi connectivity index (χ1v) is 7.98. The lowest BCUT2D eigenvalue weighted by atomic mass is 10.00. The zero-order valence-corrected chi connectivity index (χ0v) is 13.4. The van der Waals surface area contributed by atoms with Crippen molar-refractivity contribution in [1.29, 1.82) is 5.26 Å². The lowest BCUT2D eigenvalue weighted by Crippen LogP contribution is -2.14. The number of carbonyl (C=O) groups is 1. The van der Waals surface area contributed by atoms with Gasteiger partial charge in [-0.1, -0.05) is 42.5 Å². The number of ether oxygens (including phenoxy) is 1. The van der Waals surface area contributed by atoms with Gasteiger partial charge in [0.2, 0.25) is 0 Å². The quantitative estimate of drug-likeness (QED) is 0.783. The number of hydrogen-bond acceptors (Lipinski definition) is 4. The minimum atomic E-state index is -0.204. The Morgan fingerprint density at radius 3 is 2.55 bits per heavy atom. The van der Waals surface area contributed by atoms with Gasteiger partial charge in [0.05, 0.1) is 24.0 Å². The van der Waals surface area contributed by atoms with Crippen LogP contribution in [-0.4, -0.2) is 18.3 Å². The maximum absolute atomic E-state index is 11.4. The topological polar surface area (TPSA) is 50.1 Å². The monoisotopic (exact) mass is 311 g/mol. The Bertz CT molecular complexity index is 689. The molecule has 0 saturated carbocycles. The Labute approximate surface area is 134 Å². The summed E-state index contributed by atoms with van der Waals surface area (Å²) in [7, 11) is 1.40. The van der Waals surface area contributed by atoms with E-state index in [1.807, 2.05) is 55.5 Å². The number of nitriles is 1. The molecule has 2 rings (SSSR count). The summed E-state index contributed by atoms with van der Waals surface area (Å²) in [5, 5.41) is 8.98. The number of benzene rings is 2. The molecule has 0 saturated heterocycles. The molecule has 0 aliphatic heterocycles. The summed E-state index contributed by atoms with van der Waals surface area (Å²) in [4.78, 5) is 11.4. The van der Waals surface area contributed by atoms with Crippen molar-refractivity contribution in [2.75, 3.05) is 7.11 Å². The molecule has 0 aliphatic rings. The van der Waals surface area contributed by atoms with Gasteiger partial charge in [-0.15, -0.1) is 11.8 Å². The highest BCUT2D eigenvalue weighted by Crippen LogP contribution is 2.25. The van der Waals surface area contributed by atoms with Crippen molar-refractivity contribution in [2.45, 2.75) is 17.9 Å². The molecule has 2 aromatic carbocycles. The van der Waals surface area contributed by atoms with Crippen LogP contribution < -0.4 is 0 Å².